The largest absolute Gasteiger partial charge is 0.508 e. The molecule has 10 N–H and O–H groups in total. The highest BCUT2D eigenvalue weighted by Gasteiger charge is 2.86. The number of fused-ring (bicyclic) bond motifs is 5. The summed E-state index contributed by atoms with van der Waals surface area (Å²) < 4.78 is 14.9. The molecule has 7 aliphatic heterocycles. The first-order valence-corrected chi connectivity index (χ1v) is 38.0. The van der Waals surface area contributed by atoms with Gasteiger partial charge in [0.2, 0.25) is 5.78 Å². The molecule has 0 aromatic heterocycles. The van der Waals surface area contributed by atoms with E-state index in [1.165, 1.54) is 42.4 Å². The van der Waals surface area contributed by atoms with Gasteiger partial charge in [0.1, 0.15) is 17.7 Å². The van der Waals surface area contributed by atoms with Crippen molar-refractivity contribution >= 4 is 17.5 Å². The van der Waals surface area contributed by atoms with E-state index in [1.807, 2.05) is 38.2 Å². The molecular weight excluding hydrogens is 1210 g/mol. The van der Waals surface area contributed by atoms with Crippen molar-refractivity contribution in [3.8, 4) is 17.6 Å². The van der Waals surface area contributed by atoms with Crippen LogP contribution in [0.3, 0.4) is 0 Å². The van der Waals surface area contributed by atoms with Gasteiger partial charge < -0.3 is 51.8 Å². The van der Waals surface area contributed by atoms with E-state index in [0.29, 0.717) is 68.5 Å². The molecule has 7 heterocycles. The summed E-state index contributed by atoms with van der Waals surface area (Å²) in [5.74, 6) is 6.65. The van der Waals surface area contributed by atoms with Crippen LogP contribution in [0.2, 0.25) is 0 Å². The molecule has 18 atom stereocenters. The molecule has 17 rings (SSSR count). The molecule has 13 bridgehead atoms. The number of nitrogens with two attached hydrogens (primary N) is 1. The van der Waals surface area contributed by atoms with Crippen molar-refractivity contribution in [2.75, 3.05) is 20.2 Å². The topological polar surface area (TPSA) is 220 Å². The summed E-state index contributed by atoms with van der Waals surface area (Å²) in [7, 11) is 1.97. The number of phenols is 1. The normalized spacial score (nSPS) is 41.1. The lowest BCUT2D eigenvalue weighted by atomic mass is 9.43. The maximum atomic E-state index is 17.2. The summed E-state index contributed by atoms with van der Waals surface area (Å²) in [6.45, 7) is 6.88. The van der Waals surface area contributed by atoms with Crippen molar-refractivity contribution in [1.82, 2.24) is 26.6 Å². The number of allylic oxidation sites excluding steroid dienone is 8. The predicted octanol–water partition coefficient (Wildman–Crippen LogP) is 12.1. The number of esters is 1. The van der Waals surface area contributed by atoms with Crippen molar-refractivity contribution in [2.45, 2.75) is 241 Å². The predicted molar refractivity (Wildman–Crippen MR) is 374 cm³/mol. The Labute approximate surface area is 574 Å². The van der Waals surface area contributed by atoms with Gasteiger partial charge in [-0.25, -0.2) is 4.79 Å². The Balaban J connectivity index is 0.884. The van der Waals surface area contributed by atoms with E-state index in [1.54, 1.807) is 12.1 Å². The van der Waals surface area contributed by atoms with E-state index in [0.717, 1.165) is 118 Å². The number of epoxide rings is 1. The number of Topliss-reactive ketones (excluding diaryl/α,β-unsaturated/α-hetero) is 2. The van der Waals surface area contributed by atoms with Gasteiger partial charge in [0.15, 0.2) is 11.4 Å². The SMILES string of the molecule is CN[C@H]1CCC2=C(NCC=C2CC/C(C)=C(\CO)C[C@@]23O[C@@]24C(=O)O[C@@H]2[C@H]5C[C@H](O)[C@@]67CC8(CCCC8)C8(CCCC8)[C@@H]6CC#C[C@@H](C)N[C@]68C=C9C=CC[C@H](CCCC[C@](C)(CC%10=CNC(N)C(=C%10)[C@H](c%10cccc(O)c%10)C[C@@H]7[C@@H]5C6)Cc5cccc(c5C4=O)C3=O)[C@@H]9C[C@H]28)N1. The second-order valence-corrected chi connectivity index (χ2v) is 34.0. The van der Waals surface area contributed by atoms with E-state index in [2.05, 4.69) is 94.9 Å². The Morgan fingerprint density at radius 2 is 1.74 bits per heavy atom. The Morgan fingerprint density at radius 1 is 0.928 bits per heavy atom. The number of phenolic OH excluding ortho intramolecular Hbond substituents is 1. The van der Waals surface area contributed by atoms with E-state index in [-0.39, 0.29) is 94.4 Å². The second-order valence-electron chi connectivity index (χ2n) is 34.0. The molecule has 514 valence electrons. The lowest BCUT2D eigenvalue weighted by Gasteiger charge is -2.64. The third kappa shape index (κ3) is 9.76. The maximum absolute atomic E-state index is 17.2. The zero-order valence-electron chi connectivity index (χ0n) is 57.8. The highest BCUT2D eigenvalue weighted by molar-refractivity contribution is 6.33. The lowest BCUT2D eigenvalue weighted by Crippen LogP contribution is -2.69. The maximum Gasteiger partial charge on any atom is 0.350 e. The van der Waals surface area contributed by atoms with Gasteiger partial charge in [0.25, 0.3) is 5.60 Å². The van der Waals surface area contributed by atoms with Gasteiger partial charge in [0.05, 0.1) is 31.1 Å². The van der Waals surface area contributed by atoms with E-state index >= 15 is 14.4 Å². The quantitative estimate of drug-likeness (QED) is 0.0395. The first-order chi connectivity index (χ1) is 46.9. The molecule has 0 amide bonds. The monoisotopic (exact) mass is 1310 g/mol. The van der Waals surface area contributed by atoms with E-state index < -0.39 is 63.5 Å². The van der Waals surface area contributed by atoms with Crippen LogP contribution in [0.4, 0.5) is 0 Å². The summed E-state index contributed by atoms with van der Waals surface area (Å²) in [6.07, 6.45) is 34.4. The molecule has 6 fully saturated rings. The summed E-state index contributed by atoms with van der Waals surface area (Å²) in [6, 6.07) is 13.2. The lowest BCUT2D eigenvalue weighted by molar-refractivity contribution is -0.208. The Hall–Kier alpha value is -6.05. The fourth-order valence-electron chi connectivity index (χ4n) is 25.2. The van der Waals surface area contributed by atoms with Gasteiger partial charge in [-0.1, -0.05) is 118 Å². The third-order valence-corrected chi connectivity index (χ3v) is 29.4. The molecule has 8 aliphatic carbocycles. The van der Waals surface area contributed by atoms with Crippen molar-refractivity contribution in [3.05, 3.63) is 146 Å². The number of aromatic hydroxyl groups is 1. The number of carbonyl (C=O) groups is 3. The summed E-state index contributed by atoms with van der Waals surface area (Å²) in [5, 5.41) is 56.6. The van der Waals surface area contributed by atoms with Crippen LogP contribution in [0.1, 0.15) is 219 Å². The first kappa shape index (κ1) is 64.3. The van der Waals surface area contributed by atoms with Crippen LogP contribution in [0, 0.1) is 74.9 Å². The molecule has 5 saturated carbocycles. The van der Waals surface area contributed by atoms with Crippen molar-refractivity contribution in [3.63, 3.8) is 0 Å². The third-order valence-electron chi connectivity index (χ3n) is 29.4. The van der Waals surface area contributed by atoms with Crippen LogP contribution in [0.5, 0.6) is 5.75 Å². The molecule has 15 aliphatic rings. The number of carbonyl (C=O) groups excluding carboxylic acids is 3. The number of dihydropyridines is 2. The fraction of sp³-hybridized carbons (Fsp3) is 0.627. The number of ketones is 2. The Bertz CT molecular complexity index is 3910. The molecule has 97 heavy (non-hydrogen) atoms. The summed E-state index contributed by atoms with van der Waals surface area (Å²) in [5.41, 5.74) is 11.1. The zero-order chi connectivity index (χ0) is 66.6. The standard InChI is InChI=1S/C83H104N6O8/c1-48(24-25-52-28-34-86-75-58(52)26-27-69(85-4)88-75)56(46-90)43-82-72(93)59-22-14-20-55-41-77(3)29-6-5-16-51-17-12-19-54-42-80-44-64-62(71(66(80)37-60(51)54)96-76(95)83(82,97-82)73(94)70(55)59)39-68(92)81(47-78(30-7-8-31-78)79(32-9-10-33-79)67(81)23-11-15-49(2)89-80)65(64)38-61(53-18-13-21-57(91)36-53)63-35-50(40-77)45-87-74(63)84/h12-14,18-22,28,35-36,42,45,49,51,60-62,64-69,71,74,85-92H,5-10,16-17,23-27,29-34,37-41,43-44,46-47,84H2,1-4H3/b56-48-/t49-,51+,60+,61+,62+,64-,65-,66-,67+,68+,69-,71-,74?,77-,80-,81-,82+,83+/m1/s1. The first-order valence-electron chi connectivity index (χ1n) is 38.0. The van der Waals surface area contributed by atoms with Crippen LogP contribution in [0.15, 0.2) is 124 Å². The second kappa shape index (κ2) is 23.8. The number of nitrogens with one attached hydrogen (secondary N) is 5. The van der Waals surface area contributed by atoms with Gasteiger partial charge in [-0.05, 0) is 239 Å². The molecule has 14 heteroatoms. The summed E-state index contributed by atoms with van der Waals surface area (Å²) in [4.78, 5) is 50.5. The molecule has 5 spiro atoms. The minimum atomic E-state index is -2.35. The number of rotatable bonds is 8. The van der Waals surface area contributed by atoms with Gasteiger partial charge >= 0.3 is 5.97 Å². The van der Waals surface area contributed by atoms with Crippen LogP contribution in [-0.2, 0) is 20.7 Å². The molecule has 0 radical (unpaired) electrons. The molecule has 1 saturated heterocycles. The van der Waals surface area contributed by atoms with Crippen molar-refractivity contribution in [2.24, 2.45) is 68.8 Å². The van der Waals surface area contributed by atoms with Gasteiger partial charge in [-0.15, -0.1) is 5.92 Å². The molecule has 2 aromatic carbocycles. The number of aliphatic hydroxyl groups excluding tert-OH is 2. The number of benzene rings is 2. The van der Waals surface area contributed by atoms with Crippen LogP contribution >= 0.6 is 0 Å². The summed E-state index contributed by atoms with van der Waals surface area (Å²) >= 11 is 0. The smallest absolute Gasteiger partial charge is 0.350 e. The Kier molecular flexibility index (Phi) is 15.8. The van der Waals surface area contributed by atoms with Gasteiger partial charge in [-0.2, -0.15) is 0 Å². The molecule has 1 unspecified atom stereocenters. The molecule has 14 nitrogen and oxygen atoms in total. The highest BCUT2D eigenvalue weighted by atomic mass is 16.7. The van der Waals surface area contributed by atoms with E-state index in [4.69, 9.17) is 15.2 Å². The molecule has 2 aromatic rings. The highest BCUT2D eigenvalue weighted by Crippen LogP contribution is 2.81. The van der Waals surface area contributed by atoms with Crippen molar-refractivity contribution in [1.29, 1.82) is 0 Å². The fourth-order valence-corrected chi connectivity index (χ4v) is 25.2. The van der Waals surface area contributed by atoms with E-state index in [9.17, 15) is 15.3 Å². The minimum Gasteiger partial charge on any atom is -0.508 e. The van der Waals surface area contributed by atoms with Crippen molar-refractivity contribution < 1.29 is 39.2 Å². The van der Waals surface area contributed by atoms with Gasteiger partial charge in [-0.3, -0.25) is 14.9 Å². The van der Waals surface area contributed by atoms with Crippen LogP contribution < -0.4 is 32.3 Å². The average Bonchev–Trinajstić information content (AvgIpc) is 1.48. The molecular formula is C83H104N6O8. The number of hydrogen-bond donors (Lipinski definition) is 9. The average molecular weight is 1310 g/mol. The Morgan fingerprint density at radius 3 is 2.56 bits per heavy atom. The number of hydrogen-bond acceptors (Lipinski definition) is 14. The zero-order valence-corrected chi connectivity index (χ0v) is 57.8. The number of ether oxygens (including phenoxy) is 2. The van der Waals surface area contributed by atoms with Crippen LogP contribution in [-0.4, -0.2) is 100 Å². The minimum absolute atomic E-state index is 0.00929. The number of aliphatic hydroxyl groups is 2. The van der Waals surface area contributed by atoms with Gasteiger partial charge in [0, 0.05) is 65.4 Å². The van der Waals surface area contributed by atoms with Crippen LogP contribution in [0.25, 0.3) is 0 Å².